The molecular weight excluding hydrogens is 352 g/mol. The molecule has 0 saturated carbocycles. The molecule has 0 aliphatic heterocycles. The third kappa shape index (κ3) is 2.92. The van der Waals surface area contributed by atoms with Crippen molar-refractivity contribution in [2.45, 2.75) is 0 Å². The van der Waals surface area contributed by atoms with E-state index in [-0.39, 0.29) is 5.91 Å². The van der Waals surface area contributed by atoms with Gasteiger partial charge in [0.1, 0.15) is 5.69 Å². The summed E-state index contributed by atoms with van der Waals surface area (Å²) in [4.78, 5) is 14.6. The van der Waals surface area contributed by atoms with Crippen molar-refractivity contribution in [3.8, 4) is 0 Å². The highest BCUT2D eigenvalue weighted by Crippen LogP contribution is 2.22. The zero-order chi connectivity index (χ0) is 12.4. The maximum Gasteiger partial charge on any atom is 0.272 e. The number of hydrogen-bond donors (Lipinski definition) is 3. The van der Waals surface area contributed by atoms with Crippen molar-refractivity contribution >= 4 is 51.5 Å². The molecule has 0 radical (unpaired) electrons. The van der Waals surface area contributed by atoms with Crippen LogP contribution in [0.15, 0.2) is 30.5 Å². The van der Waals surface area contributed by atoms with E-state index in [2.05, 4.69) is 32.9 Å². The van der Waals surface area contributed by atoms with Gasteiger partial charge in [0, 0.05) is 20.5 Å². The zero-order valence-electron chi connectivity index (χ0n) is 8.63. The normalized spacial score (nSPS) is 10.2. The van der Waals surface area contributed by atoms with E-state index >= 15 is 0 Å². The van der Waals surface area contributed by atoms with Gasteiger partial charge in [-0.15, -0.1) is 0 Å². The highest BCUT2D eigenvalue weighted by molar-refractivity contribution is 14.1. The molecule has 0 unspecified atom stereocenters. The first-order chi connectivity index (χ1) is 8.06. The Labute approximate surface area is 117 Å². The summed E-state index contributed by atoms with van der Waals surface area (Å²) < 4.78 is 0.878. The summed E-state index contributed by atoms with van der Waals surface area (Å²) in [5.41, 5.74) is 7.20. The number of nitrogens with one attached hydrogen (secondary N) is 2. The number of aromatic nitrogens is 1. The maximum atomic E-state index is 11.8. The monoisotopic (exact) mass is 361 g/mol. The van der Waals surface area contributed by atoms with Crippen LogP contribution in [-0.4, -0.2) is 10.9 Å². The number of hydrogen-bond acceptors (Lipinski definition) is 2. The molecule has 0 bridgehead atoms. The number of carbonyl (C=O) groups excluding carboxylic acids is 1. The van der Waals surface area contributed by atoms with Crippen LogP contribution in [0.2, 0.25) is 5.02 Å². The third-order valence-corrected chi connectivity index (χ3v) is 3.26. The maximum absolute atomic E-state index is 11.8. The molecule has 2 aromatic rings. The van der Waals surface area contributed by atoms with Crippen molar-refractivity contribution in [1.82, 2.24) is 4.98 Å². The molecule has 17 heavy (non-hydrogen) atoms. The minimum Gasteiger partial charge on any atom is -0.397 e. The van der Waals surface area contributed by atoms with Crippen molar-refractivity contribution in [1.29, 1.82) is 0 Å². The SMILES string of the molecule is Nc1c[nH]c(C(=O)Nc2ccc(Cl)cc2I)c1. The zero-order valence-corrected chi connectivity index (χ0v) is 11.5. The summed E-state index contributed by atoms with van der Waals surface area (Å²) in [6, 6.07) is 6.84. The van der Waals surface area contributed by atoms with Gasteiger partial charge in [0.2, 0.25) is 0 Å². The quantitative estimate of drug-likeness (QED) is 0.719. The summed E-state index contributed by atoms with van der Waals surface area (Å²) in [6.45, 7) is 0. The number of nitrogens with two attached hydrogens (primary N) is 1. The molecule has 0 saturated heterocycles. The lowest BCUT2D eigenvalue weighted by Gasteiger charge is -2.06. The lowest BCUT2D eigenvalue weighted by Crippen LogP contribution is -2.13. The Morgan fingerprint density at radius 3 is 2.76 bits per heavy atom. The first-order valence-electron chi connectivity index (χ1n) is 4.76. The van der Waals surface area contributed by atoms with Crippen molar-refractivity contribution in [2.75, 3.05) is 11.1 Å². The van der Waals surface area contributed by atoms with Crippen LogP contribution in [0.4, 0.5) is 11.4 Å². The van der Waals surface area contributed by atoms with E-state index in [4.69, 9.17) is 17.3 Å². The van der Waals surface area contributed by atoms with Crippen LogP contribution in [0.25, 0.3) is 0 Å². The minimum absolute atomic E-state index is 0.234. The van der Waals surface area contributed by atoms with Crippen LogP contribution >= 0.6 is 34.2 Å². The second-order valence-corrected chi connectivity index (χ2v) is 5.02. The van der Waals surface area contributed by atoms with Gasteiger partial charge in [-0.1, -0.05) is 11.6 Å². The van der Waals surface area contributed by atoms with Gasteiger partial charge in [-0.25, -0.2) is 0 Å². The fourth-order valence-electron chi connectivity index (χ4n) is 1.32. The van der Waals surface area contributed by atoms with Crippen LogP contribution in [0.5, 0.6) is 0 Å². The molecule has 1 aromatic heterocycles. The highest BCUT2D eigenvalue weighted by atomic mass is 127. The van der Waals surface area contributed by atoms with Gasteiger partial charge < -0.3 is 16.0 Å². The number of carbonyl (C=O) groups is 1. The molecule has 2 rings (SSSR count). The van der Waals surface area contributed by atoms with Crippen molar-refractivity contribution in [2.24, 2.45) is 0 Å². The van der Waals surface area contributed by atoms with Gasteiger partial charge in [0.25, 0.3) is 5.91 Å². The predicted octanol–water partition coefficient (Wildman–Crippen LogP) is 3.11. The molecule has 0 fully saturated rings. The molecule has 4 nitrogen and oxygen atoms in total. The Bertz CT molecular complexity index is 568. The molecule has 0 atom stereocenters. The van der Waals surface area contributed by atoms with E-state index < -0.39 is 0 Å². The lowest BCUT2D eigenvalue weighted by atomic mass is 10.3. The van der Waals surface area contributed by atoms with Crippen LogP contribution in [0.1, 0.15) is 10.5 Å². The standard InChI is InChI=1S/C11H9ClIN3O/c12-6-1-2-9(8(13)3-6)16-11(17)10-4-7(14)5-15-10/h1-5,15H,14H2,(H,16,17). The highest BCUT2D eigenvalue weighted by Gasteiger charge is 2.09. The number of rotatable bonds is 2. The predicted molar refractivity (Wildman–Crippen MR) is 77.3 cm³/mol. The Morgan fingerprint density at radius 1 is 1.41 bits per heavy atom. The molecule has 1 aromatic carbocycles. The Kier molecular flexibility index (Phi) is 3.58. The van der Waals surface area contributed by atoms with Gasteiger partial charge in [0.15, 0.2) is 0 Å². The Hall–Kier alpha value is -1.21. The van der Waals surface area contributed by atoms with Gasteiger partial charge in [-0.05, 0) is 46.9 Å². The number of anilines is 2. The number of benzene rings is 1. The molecular formula is C11H9ClIN3O. The van der Waals surface area contributed by atoms with Crippen molar-refractivity contribution in [3.63, 3.8) is 0 Å². The molecule has 0 spiro atoms. The average molecular weight is 362 g/mol. The van der Waals surface area contributed by atoms with Gasteiger partial charge >= 0.3 is 0 Å². The molecule has 88 valence electrons. The van der Waals surface area contributed by atoms with Crippen molar-refractivity contribution < 1.29 is 4.79 Å². The molecule has 1 heterocycles. The van der Waals surface area contributed by atoms with E-state index in [0.717, 1.165) is 3.57 Å². The summed E-state index contributed by atoms with van der Waals surface area (Å²) >= 11 is 7.94. The fraction of sp³-hybridized carbons (Fsp3) is 0. The smallest absolute Gasteiger partial charge is 0.272 e. The molecule has 0 aliphatic rings. The lowest BCUT2D eigenvalue weighted by molar-refractivity contribution is 0.102. The Balaban J connectivity index is 2.18. The van der Waals surface area contributed by atoms with Gasteiger partial charge in [0.05, 0.1) is 5.69 Å². The molecule has 0 aliphatic carbocycles. The fourth-order valence-corrected chi connectivity index (χ4v) is 2.33. The molecule has 6 heteroatoms. The van der Waals surface area contributed by atoms with Crippen LogP contribution < -0.4 is 11.1 Å². The van der Waals surface area contributed by atoms with Crippen molar-refractivity contribution in [3.05, 3.63) is 44.7 Å². The second kappa shape index (κ2) is 4.97. The van der Waals surface area contributed by atoms with Gasteiger partial charge in [-0.2, -0.15) is 0 Å². The topological polar surface area (TPSA) is 70.9 Å². The van der Waals surface area contributed by atoms with Crippen LogP contribution in [0, 0.1) is 3.57 Å². The summed E-state index contributed by atoms with van der Waals surface area (Å²) in [6.07, 6.45) is 1.57. The van der Waals surface area contributed by atoms with Gasteiger partial charge in [-0.3, -0.25) is 4.79 Å². The van der Waals surface area contributed by atoms with E-state index in [1.54, 1.807) is 30.5 Å². The number of nitrogen functional groups attached to an aromatic ring is 1. The number of H-pyrrole nitrogens is 1. The van der Waals surface area contributed by atoms with Crippen LogP contribution in [0.3, 0.4) is 0 Å². The number of amides is 1. The number of aromatic amines is 1. The average Bonchev–Trinajstić information content (AvgIpc) is 2.69. The van der Waals surface area contributed by atoms with E-state index in [0.29, 0.717) is 22.1 Å². The third-order valence-electron chi connectivity index (χ3n) is 2.13. The molecule has 4 N–H and O–H groups in total. The number of halogens is 2. The second-order valence-electron chi connectivity index (χ2n) is 3.42. The largest absolute Gasteiger partial charge is 0.397 e. The minimum atomic E-state index is -0.234. The van der Waals surface area contributed by atoms with E-state index in [1.807, 2.05) is 0 Å². The first kappa shape index (κ1) is 12.3. The van der Waals surface area contributed by atoms with E-state index in [1.165, 1.54) is 0 Å². The first-order valence-corrected chi connectivity index (χ1v) is 6.22. The summed E-state index contributed by atoms with van der Waals surface area (Å²) in [7, 11) is 0. The summed E-state index contributed by atoms with van der Waals surface area (Å²) in [5.74, 6) is -0.234. The Morgan fingerprint density at radius 2 is 2.18 bits per heavy atom. The van der Waals surface area contributed by atoms with Crippen LogP contribution in [-0.2, 0) is 0 Å². The summed E-state index contributed by atoms with van der Waals surface area (Å²) in [5, 5.41) is 3.41. The molecule has 1 amide bonds. The van der Waals surface area contributed by atoms with E-state index in [9.17, 15) is 4.79 Å².